The number of carbonyl (C=O) groups excluding carboxylic acids is 1. The minimum Gasteiger partial charge on any atom is -0.376 e. The third kappa shape index (κ3) is 4.86. The van der Waals surface area contributed by atoms with Crippen LogP contribution >= 0.6 is 0 Å². The maximum absolute atomic E-state index is 12.7. The van der Waals surface area contributed by atoms with Crippen LogP contribution in [0.2, 0.25) is 0 Å². The Labute approximate surface area is 179 Å². The van der Waals surface area contributed by atoms with E-state index in [9.17, 15) is 4.79 Å². The molecule has 4 rings (SSSR count). The molecule has 0 unspecified atom stereocenters. The number of hydrogen-bond donors (Lipinski definition) is 2. The second kappa shape index (κ2) is 10.1. The molecule has 6 nitrogen and oxygen atoms in total. The van der Waals surface area contributed by atoms with Crippen LogP contribution in [0.15, 0.2) is 42.6 Å². The summed E-state index contributed by atoms with van der Waals surface area (Å²) in [6, 6.07) is 12.9. The summed E-state index contributed by atoms with van der Waals surface area (Å²) < 4.78 is 6.43. The van der Waals surface area contributed by atoms with E-state index in [4.69, 9.17) is 4.74 Å². The second-order valence-corrected chi connectivity index (χ2v) is 8.56. The predicted octanol–water partition coefficient (Wildman–Crippen LogP) is 4.43. The molecule has 2 heterocycles. The molecule has 2 amide bonds. The number of nitrogens with one attached hydrogen (secondary N) is 2. The van der Waals surface area contributed by atoms with Gasteiger partial charge in [-0.25, -0.2) is 4.79 Å². The van der Waals surface area contributed by atoms with Gasteiger partial charge in [0.25, 0.3) is 0 Å². The zero-order valence-electron chi connectivity index (χ0n) is 17.9. The van der Waals surface area contributed by atoms with Crippen molar-refractivity contribution in [2.45, 2.75) is 69.4 Å². The third-order valence-corrected chi connectivity index (χ3v) is 6.72. The van der Waals surface area contributed by atoms with Crippen molar-refractivity contribution in [3.05, 3.63) is 53.9 Å². The smallest absolute Gasteiger partial charge is 0.317 e. The van der Waals surface area contributed by atoms with E-state index in [1.807, 2.05) is 24.1 Å². The van der Waals surface area contributed by atoms with Crippen molar-refractivity contribution in [1.29, 1.82) is 0 Å². The van der Waals surface area contributed by atoms with Gasteiger partial charge in [-0.1, -0.05) is 30.3 Å². The average Bonchev–Trinajstić information content (AvgIpc) is 3.33. The van der Waals surface area contributed by atoms with Crippen LogP contribution in [0.1, 0.15) is 68.5 Å². The van der Waals surface area contributed by atoms with Crippen molar-refractivity contribution < 1.29 is 9.53 Å². The number of likely N-dealkylation sites (tertiary alicyclic amines) is 1. The van der Waals surface area contributed by atoms with Gasteiger partial charge in [0.05, 0.1) is 24.4 Å². The zero-order valence-corrected chi connectivity index (χ0v) is 17.9. The molecular formula is C24H34N4O2. The summed E-state index contributed by atoms with van der Waals surface area (Å²) >= 11 is 0. The molecule has 6 heteroatoms. The fraction of sp³-hybridized carbons (Fsp3) is 0.583. The number of rotatable bonds is 6. The molecule has 1 saturated carbocycles. The topological polar surface area (TPSA) is 70.2 Å². The Hall–Kier alpha value is -2.34. The predicted molar refractivity (Wildman–Crippen MR) is 118 cm³/mol. The maximum atomic E-state index is 12.7. The second-order valence-electron chi connectivity index (χ2n) is 8.56. The lowest BCUT2D eigenvalue weighted by molar-refractivity contribution is -0.0170. The van der Waals surface area contributed by atoms with E-state index in [-0.39, 0.29) is 24.1 Å². The Balaban J connectivity index is 1.38. The molecule has 0 bridgehead atoms. The lowest BCUT2D eigenvalue weighted by Crippen LogP contribution is -2.53. The Morgan fingerprint density at radius 1 is 1.17 bits per heavy atom. The number of benzene rings is 1. The summed E-state index contributed by atoms with van der Waals surface area (Å²) in [7, 11) is 0. The molecule has 0 radical (unpaired) electrons. The number of hydrogen-bond acceptors (Lipinski definition) is 3. The van der Waals surface area contributed by atoms with Gasteiger partial charge in [-0.3, -0.25) is 5.10 Å². The van der Waals surface area contributed by atoms with Gasteiger partial charge in [0.15, 0.2) is 0 Å². The molecule has 0 spiro atoms. The summed E-state index contributed by atoms with van der Waals surface area (Å²) in [6.45, 7) is 3.96. The summed E-state index contributed by atoms with van der Waals surface area (Å²) in [5, 5.41) is 10.3. The van der Waals surface area contributed by atoms with Gasteiger partial charge in [0.2, 0.25) is 0 Å². The fourth-order valence-electron chi connectivity index (χ4n) is 5.11. The lowest BCUT2D eigenvalue weighted by atomic mass is 9.82. The summed E-state index contributed by atoms with van der Waals surface area (Å²) in [5.41, 5.74) is 2.48. The molecule has 1 aliphatic carbocycles. The summed E-state index contributed by atoms with van der Waals surface area (Å²) in [4.78, 5) is 14.7. The molecule has 162 valence electrons. The van der Waals surface area contributed by atoms with Crippen molar-refractivity contribution in [3.8, 4) is 0 Å². The quantitative estimate of drug-likeness (QED) is 0.740. The Morgan fingerprint density at radius 2 is 1.97 bits per heavy atom. The van der Waals surface area contributed by atoms with Crippen molar-refractivity contribution in [1.82, 2.24) is 20.4 Å². The number of H-pyrrole nitrogens is 1. The molecule has 2 fully saturated rings. The minimum atomic E-state index is 0.0131. The molecule has 1 aromatic heterocycles. The number of aromatic nitrogens is 2. The third-order valence-electron chi connectivity index (χ3n) is 6.72. The number of carbonyl (C=O) groups is 1. The molecule has 30 heavy (non-hydrogen) atoms. The fourth-order valence-corrected chi connectivity index (χ4v) is 5.11. The summed E-state index contributed by atoms with van der Waals surface area (Å²) in [5.74, 6) is 0.859. The standard InChI is InChI=1S/C24H34N4O2/c1-2-25-24(29)28-16-6-9-21(22-14-15-26-27-22)23(28)17-30-20-12-10-19(11-13-20)18-7-4-3-5-8-18/h3-5,7-8,14-15,19-21,23H,2,6,9-13,16-17H2,1H3,(H,25,29)(H,26,27)/t19?,20?,21-,23+/m0/s1. The van der Waals surface area contributed by atoms with E-state index < -0.39 is 0 Å². The van der Waals surface area contributed by atoms with Crippen LogP contribution in [-0.4, -0.2) is 53.0 Å². The number of aromatic amines is 1. The number of urea groups is 1. The lowest BCUT2D eigenvalue weighted by Gasteiger charge is -2.41. The first-order chi connectivity index (χ1) is 14.8. The van der Waals surface area contributed by atoms with Gasteiger partial charge >= 0.3 is 6.03 Å². The monoisotopic (exact) mass is 410 g/mol. The van der Waals surface area contributed by atoms with E-state index >= 15 is 0 Å². The molecule has 1 saturated heterocycles. The first kappa shape index (κ1) is 20.9. The first-order valence-corrected chi connectivity index (χ1v) is 11.5. The first-order valence-electron chi connectivity index (χ1n) is 11.5. The highest BCUT2D eigenvalue weighted by molar-refractivity contribution is 5.74. The minimum absolute atomic E-state index is 0.0131. The normalized spacial score (nSPS) is 27.0. The van der Waals surface area contributed by atoms with Gasteiger partial charge in [0.1, 0.15) is 0 Å². The van der Waals surface area contributed by atoms with E-state index in [2.05, 4.69) is 45.8 Å². The van der Waals surface area contributed by atoms with Crippen LogP contribution in [-0.2, 0) is 4.74 Å². The average molecular weight is 411 g/mol. The van der Waals surface area contributed by atoms with Crippen LogP contribution in [0, 0.1) is 0 Å². The molecule has 2 aliphatic rings. The molecule has 2 N–H and O–H groups in total. The number of piperidine rings is 1. The van der Waals surface area contributed by atoms with Gasteiger partial charge in [-0.15, -0.1) is 0 Å². The number of nitrogens with zero attached hydrogens (tertiary/aromatic N) is 2. The van der Waals surface area contributed by atoms with Gasteiger partial charge in [0, 0.05) is 25.2 Å². The van der Waals surface area contributed by atoms with Crippen molar-refractivity contribution in [2.24, 2.45) is 0 Å². The SMILES string of the molecule is CCNC(=O)N1CCC[C@@H](c2cc[nH]n2)[C@H]1COC1CCC(c2ccccc2)CC1. The molecular weight excluding hydrogens is 376 g/mol. The highest BCUT2D eigenvalue weighted by Crippen LogP contribution is 2.36. The Bertz CT molecular complexity index is 772. The largest absolute Gasteiger partial charge is 0.376 e. The molecule has 1 aliphatic heterocycles. The van der Waals surface area contributed by atoms with Crippen molar-refractivity contribution in [3.63, 3.8) is 0 Å². The van der Waals surface area contributed by atoms with E-state index in [0.29, 0.717) is 19.1 Å². The van der Waals surface area contributed by atoms with Crippen LogP contribution in [0.4, 0.5) is 4.79 Å². The Morgan fingerprint density at radius 3 is 2.67 bits per heavy atom. The van der Waals surface area contributed by atoms with Gasteiger partial charge < -0.3 is 15.0 Å². The molecule has 2 aromatic rings. The highest BCUT2D eigenvalue weighted by Gasteiger charge is 2.37. The van der Waals surface area contributed by atoms with Crippen LogP contribution in [0.5, 0.6) is 0 Å². The Kier molecular flexibility index (Phi) is 7.05. The van der Waals surface area contributed by atoms with Crippen molar-refractivity contribution in [2.75, 3.05) is 19.7 Å². The molecule has 2 atom stereocenters. The molecule has 1 aromatic carbocycles. The maximum Gasteiger partial charge on any atom is 0.317 e. The van der Waals surface area contributed by atoms with E-state index in [1.54, 1.807) is 0 Å². The van der Waals surface area contributed by atoms with Crippen LogP contribution < -0.4 is 5.32 Å². The van der Waals surface area contributed by atoms with Gasteiger partial charge in [-0.2, -0.15) is 5.10 Å². The highest BCUT2D eigenvalue weighted by atomic mass is 16.5. The van der Waals surface area contributed by atoms with E-state index in [0.717, 1.165) is 37.9 Å². The van der Waals surface area contributed by atoms with Crippen LogP contribution in [0.25, 0.3) is 0 Å². The van der Waals surface area contributed by atoms with Crippen LogP contribution in [0.3, 0.4) is 0 Å². The van der Waals surface area contributed by atoms with Gasteiger partial charge in [-0.05, 0) is 63.0 Å². The van der Waals surface area contributed by atoms with Crippen molar-refractivity contribution >= 4 is 6.03 Å². The summed E-state index contributed by atoms with van der Waals surface area (Å²) in [6.07, 6.45) is 8.68. The van der Waals surface area contributed by atoms with E-state index in [1.165, 1.54) is 18.4 Å². The number of amides is 2. The zero-order chi connectivity index (χ0) is 20.8. The number of ether oxygens (including phenoxy) is 1.